The molecule has 2 rings (SSSR count). The summed E-state index contributed by atoms with van der Waals surface area (Å²) in [5.74, 6) is 2.10. The number of aliphatic imine (C=N–C) groups is 1. The normalized spacial score (nSPS) is 17.4. The van der Waals surface area contributed by atoms with Gasteiger partial charge < -0.3 is 16.0 Å². The van der Waals surface area contributed by atoms with E-state index in [-0.39, 0.29) is 5.91 Å². The first-order chi connectivity index (χ1) is 12.2. The standard InChI is InChI=1S/C19H30N4OS/c1-3-10-21-18(24)16-8-5-7-15(12-16)13-22-19(20-4-2)23-14-17-9-6-11-25-17/h5,7-8,12,17H,3-4,6,9-11,13-14H2,1-2H3,(H,21,24)(H2,20,22,23). The predicted molar refractivity (Wildman–Crippen MR) is 107 cm³/mol. The summed E-state index contributed by atoms with van der Waals surface area (Å²) in [6, 6.07) is 7.70. The van der Waals surface area contributed by atoms with Gasteiger partial charge in [-0.1, -0.05) is 19.1 Å². The van der Waals surface area contributed by atoms with Crippen molar-refractivity contribution in [3.63, 3.8) is 0 Å². The zero-order valence-corrected chi connectivity index (χ0v) is 16.1. The van der Waals surface area contributed by atoms with Crippen LogP contribution in [0.2, 0.25) is 0 Å². The lowest BCUT2D eigenvalue weighted by Crippen LogP contribution is -2.40. The second-order valence-corrected chi connectivity index (χ2v) is 7.58. The molecule has 138 valence electrons. The average Bonchev–Trinajstić information content (AvgIpc) is 3.16. The molecule has 0 saturated carbocycles. The Kier molecular flexibility index (Phi) is 8.66. The van der Waals surface area contributed by atoms with Crippen molar-refractivity contribution in [2.45, 2.75) is 44.9 Å². The molecule has 1 aliphatic rings. The van der Waals surface area contributed by atoms with E-state index in [9.17, 15) is 4.79 Å². The molecule has 0 bridgehead atoms. The third-order valence-corrected chi connectivity index (χ3v) is 5.41. The van der Waals surface area contributed by atoms with Crippen molar-refractivity contribution in [3.05, 3.63) is 35.4 Å². The molecule has 0 spiro atoms. The van der Waals surface area contributed by atoms with Gasteiger partial charge in [-0.05, 0) is 49.6 Å². The van der Waals surface area contributed by atoms with Crippen molar-refractivity contribution in [2.24, 2.45) is 4.99 Å². The van der Waals surface area contributed by atoms with Gasteiger partial charge in [-0.2, -0.15) is 11.8 Å². The van der Waals surface area contributed by atoms with E-state index < -0.39 is 0 Å². The summed E-state index contributed by atoms with van der Waals surface area (Å²) in [4.78, 5) is 16.7. The van der Waals surface area contributed by atoms with E-state index in [1.54, 1.807) is 0 Å². The molecule has 0 radical (unpaired) electrons. The third-order valence-electron chi connectivity index (χ3n) is 4.01. The molecule has 6 heteroatoms. The number of carbonyl (C=O) groups excluding carboxylic acids is 1. The molecular weight excluding hydrogens is 332 g/mol. The monoisotopic (exact) mass is 362 g/mol. The Morgan fingerprint density at radius 3 is 2.88 bits per heavy atom. The van der Waals surface area contributed by atoms with Crippen LogP contribution >= 0.6 is 11.8 Å². The van der Waals surface area contributed by atoms with Gasteiger partial charge in [-0.25, -0.2) is 4.99 Å². The Morgan fingerprint density at radius 2 is 2.16 bits per heavy atom. The van der Waals surface area contributed by atoms with Crippen molar-refractivity contribution in [3.8, 4) is 0 Å². The minimum Gasteiger partial charge on any atom is -0.357 e. The van der Waals surface area contributed by atoms with Crippen LogP contribution in [-0.4, -0.2) is 42.5 Å². The Bertz CT molecular complexity index is 570. The summed E-state index contributed by atoms with van der Waals surface area (Å²) in [5, 5.41) is 10.3. The number of rotatable bonds is 8. The van der Waals surface area contributed by atoms with Crippen LogP contribution in [0.1, 0.15) is 49.0 Å². The first-order valence-corrected chi connectivity index (χ1v) is 10.3. The zero-order valence-electron chi connectivity index (χ0n) is 15.3. The number of thioether (sulfide) groups is 1. The fraction of sp³-hybridized carbons (Fsp3) is 0.579. The average molecular weight is 363 g/mol. The molecule has 0 aliphatic carbocycles. The molecule has 1 aromatic rings. The van der Waals surface area contributed by atoms with Gasteiger partial charge in [0.15, 0.2) is 5.96 Å². The van der Waals surface area contributed by atoms with Crippen LogP contribution in [0.15, 0.2) is 29.3 Å². The maximum atomic E-state index is 12.1. The maximum absolute atomic E-state index is 12.1. The van der Waals surface area contributed by atoms with E-state index in [4.69, 9.17) is 0 Å². The van der Waals surface area contributed by atoms with Crippen LogP contribution in [0.25, 0.3) is 0 Å². The molecule has 1 amide bonds. The molecule has 1 heterocycles. The second kappa shape index (κ2) is 11.0. The zero-order chi connectivity index (χ0) is 17.9. The highest BCUT2D eigenvalue weighted by Gasteiger charge is 2.15. The van der Waals surface area contributed by atoms with E-state index in [2.05, 4.69) is 27.9 Å². The van der Waals surface area contributed by atoms with Crippen molar-refractivity contribution >= 4 is 23.6 Å². The van der Waals surface area contributed by atoms with Crippen LogP contribution in [0.4, 0.5) is 0 Å². The maximum Gasteiger partial charge on any atom is 0.251 e. The van der Waals surface area contributed by atoms with Crippen LogP contribution in [0, 0.1) is 0 Å². The second-order valence-electron chi connectivity index (χ2n) is 6.17. The van der Waals surface area contributed by atoms with Crippen LogP contribution < -0.4 is 16.0 Å². The number of benzene rings is 1. The van der Waals surface area contributed by atoms with E-state index in [0.717, 1.165) is 31.0 Å². The van der Waals surface area contributed by atoms with Crippen molar-refractivity contribution in [2.75, 3.05) is 25.4 Å². The van der Waals surface area contributed by atoms with Gasteiger partial charge in [0.1, 0.15) is 0 Å². The number of nitrogens with one attached hydrogen (secondary N) is 3. The molecule has 1 atom stereocenters. The van der Waals surface area contributed by atoms with Crippen molar-refractivity contribution in [1.82, 2.24) is 16.0 Å². The molecule has 1 fully saturated rings. The van der Waals surface area contributed by atoms with Crippen molar-refractivity contribution in [1.29, 1.82) is 0 Å². The van der Waals surface area contributed by atoms with E-state index in [1.807, 2.05) is 43.0 Å². The molecule has 1 aliphatic heterocycles. The summed E-state index contributed by atoms with van der Waals surface area (Å²) < 4.78 is 0. The van der Waals surface area contributed by atoms with Gasteiger partial charge in [-0.3, -0.25) is 4.79 Å². The predicted octanol–water partition coefficient (Wildman–Crippen LogP) is 2.78. The van der Waals surface area contributed by atoms with Gasteiger partial charge >= 0.3 is 0 Å². The van der Waals surface area contributed by atoms with E-state index in [0.29, 0.717) is 23.9 Å². The minimum absolute atomic E-state index is 0.0176. The number of amides is 1. The summed E-state index contributed by atoms with van der Waals surface area (Å²) in [5.41, 5.74) is 1.73. The van der Waals surface area contributed by atoms with Crippen LogP contribution in [0.3, 0.4) is 0 Å². The smallest absolute Gasteiger partial charge is 0.251 e. The Balaban J connectivity index is 1.92. The molecule has 5 nitrogen and oxygen atoms in total. The fourth-order valence-electron chi connectivity index (χ4n) is 2.68. The Labute approximate surface area is 155 Å². The van der Waals surface area contributed by atoms with E-state index in [1.165, 1.54) is 18.6 Å². The summed E-state index contributed by atoms with van der Waals surface area (Å²) in [6.07, 6.45) is 3.54. The van der Waals surface area contributed by atoms with E-state index >= 15 is 0 Å². The molecule has 25 heavy (non-hydrogen) atoms. The van der Waals surface area contributed by atoms with Crippen LogP contribution in [0.5, 0.6) is 0 Å². The lowest BCUT2D eigenvalue weighted by Gasteiger charge is -2.14. The minimum atomic E-state index is -0.0176. The molecule has 1 aromatic carbocycles. The van der Waals surface area contributed by atoms with Gasteiger partial charge in [0, 0.05) is 30.4 Å². The lowest BCUT2D eigenvalue weighted by molar-refractivity contribution is 0.0953. The molecule has 0 aromatic heterocycles. The highest BCUT2D eigenvalue weighted by molar-refractivity contribution is 8.00. The van der Waals surface area contributed by atoms with Gasteiger partial charge in [0.05, 0.1) is 6.54 Å². The third kappa shape index (κ3) is 6.98. The topological polar surface area (TPSA) is 65.5 Å². The van der Waals surface area contributed by atoms with Gasteiger partial charge in [0.25, 0.3) is 5.91 Å². The molecule has 1 unspecified atom stereocenters. The summed E-state index contributed by atoms with van der Waals surface area (Å²) in [7, 11) is 0. The number of guanidine groups is 1. The molecule has 3 N–H and O–H groups in total. The number of carbonyl (C=O) groups is 1. The Hall–Kier alpha value is -1.69. The van der Waals surface area contributed by atoms with Crippen molar-refractivity contribution < 1.29 is 4.79 Å². The summed E-state index contributed by atoms with van der Waals surface area (Å²) >= 11 is 2.04. The summed E-state index contributed by atoms with van der Waals surface area (Å²) in [6.45, 7) is 7.17. The quantitative estimate of drug-likeness (QED) is 0.491. The van der Waals surface area contributed by atoms with Crippen LogP contribution in [-0.2, 0) is 6.54 Å². The first kappa shape index (κ1) is 19.6. The number of hydrogen-bond acceptors (Lipinski definition) is 3. The lowest BCUT2D eigenvalue weighted by atomic mass is 10.1. The Morgan fingerprint density at radius 1 is 1.28 bits per heavy atom. The number of hydrogen-bond donors (Lipinski definition) is 3. The number of nitrogens with zero attached hydrogens (tertiary/aromatic N) is 1. The van der Waals surface area contributed by atoms with Gasteiger partial charge in [0.2, 0.25) is 0 Å². The molecular formula is C19H30N4OS. The highest BCUT2D eigenvalue weighted by atomic mass is 32.2. The SMILES string of the molecule is CCCNC(=O)c1cccc(CN=C(NCC)NCC2CCCS2)c1. The van der Waals surface area contributed by atoms with Gasteiger partial charge in [-0.15, -0.1) is 0 Å². The first-order valence-electron chi connectivity index (χ1n) is 9.23. The molecule has 1 saturated heterocycles. The fourth-order valence-corrected chi connectivity index (χ4v) is 3.88. The largest absolute Gasteiger partial charge is 0.357 e. The highest BCUT2D eigenvalue weighted by Crippen LogP contribution is 2.25.